The Morgan fingerprint density at radius 1 is 1.38 bits per heavy atom. The van der Waals surface area contributed by atoms with E-state index in [1.165, 1.54) is 11.1 Å². The van der Waals surface area contributed by atoms with Crippen molar-refractivity contribution in [1.82, 2.24) is 0 Å². The van der Waals surface area contributed by atoms with Gasteiger partial charge in [-0.2, -0.15) is 0 Å². The van der Waals surface area contributed by atoms with E-state index in [1.807, 2.05) is 12.1 Å². The number of aryl methyl sites for hydroxylation is 1. The zero-order valence-corrected chi connectivity index (χ0v) is 8.21. The molecule has 0 aliphatic heterocycles. The summed E-state index contributed by atoms with van der Waals surface area (Å²) in [5.41, 5.74) is 2.44. The third kappa shape index (κ3) is 2.46. The summed E-state index contributed by atoms with van der Waals surface area (Å²) in [6, 6.07) is 6.01. The summed E-state index contributed by atoms with van der Waals surface area (Å²) < 4.78 is 5.24. The van der Waals surface area contributed by atoms with Crippen molar-refractivity contribution in [3.63, 3.8) is 0 Å². The fourth-order valence-corrected chi connectivity index (χ4v) is 1.44. The lowest BCUT2D eigenvalue weighted by Crippen LogP contribution is -1.97. The van der Waals surface area contributed by atoms with Gasteiger partial charge in [-0.25, -0.2) is 0 Å². The molecule has 2 heteroatoms. The van der Waals surface area contributed by atoms with Gasteiger partial charge in [0.25, 0.3) is 0 Å². The largest absolute Gasteiger partial charge is 0.496 e. The molecule has 0 aliphatic rings. The Balaban J connectivity index is 2.87. The molecule has 13 heavy (non-hydrogen) atoms. The molecule has 0 heterocycles. The van der Waals surface area contributed by atoms with Gasteiger partial charge >= 0.3 is 0 Å². The number of ether oxygens (including phenoxy) is 1. The minimum atomic E-state index is 0.234. The van der Waals surface area contributed by atoms with Crippen molar-refractivity contribution in [1.29, 1.82) is 0 Å². The molecule has 0 aliphatic carbocycles. The normalized spacial score (nSPS) is 10.1. The first-order valence-electron chi connectivity index (χ1n) is 4.53. The molecule has 0 amide bonds. The third-order valence-corrected chi connectivity index (χ3v) is 2.17. The summed E-state index contributed by atoms with van der Waals surface area (Å²) in [6.07, 6.45) is 1.67. The summed E-state index contributed by atoms with van der Waals surface area (Å²) in [7, 11) is 1.68. The van der Waals surface area contributed by atoms with Gasteiger partial charge in [0.1, 0.15) is 5.75 Å². The van der Waals surface area contributed by atoms with Crippen LogP contribution in [0.3, 0.4) is 0 Å². The van der Waals surface area contributed by atoms with Crippen molar-refractivity contribution in [2.45, 2.75) is 19.8 Å². The fourth-order valence-electron chi connectivity index (χ4n) is 1.44. The summed E-state index contributed by atoms with van der Waals surface area (Å²) in [5.74, 6) is 0.924. The Bertz CT molecular complexity index is 269. The average molecular weight is 180 g/mol. The van der Waals surface area contributed by atoms with Crippen LogP contribution in [0.4, 0.5) is 0 Å². The number of rotatable bonds is 4. The predicted molar refractivity (Wildman–Crippen MR) is 53.1 cm³/mol. The summed E-state index contributed by atoms with van der Waals surface area (Å²) in [6.45, 7) is 2.30. The average Bonchev–Trinajstić information content (AvgIpc) is 2.15. The van der Waals surface area contributed by atoms with Gasteiger partial charge in [-0.15, -0.1) is 0 Å². The molecule has 72 valence electrons. The molecule has 0 bridgehead atoms. The minimum absolute atomic E-state index is 0.234. The van der Waals surface area contributed by atoms with Crippen LogP contribution in [0.15, 0.2) is 18.2 Å². The Morgan fingerprint density at radius 3 is 2.77 bits per heavy atom. The van der Waals surface area contributed by atoms with E-state index >= 15 is 0 Å². The van der Waals surface area contributed by atoms with Gasteiger partial charge in [0.15, 0.2) is 0 Å². The standard InChI is InChI=1S/C11H16O2/c1-9-5-3-7-11(13-2)10(9)6-4-8-12/h3,5,7,12H,4,6,8H2,1-2H3. The summed E-state index contributed by atoms with van der Waals surface area (Å²) in [4.78, 5) is 0. The highest BCUT2D eigenvalue weighted by Gasteiger charge is 2.04. The van der Waals surface area contributed by atoms with Crippen molar-refractivity contribution in [2.75, 3.05) is 13.7 Å². The van der Waals surface area contributed by atoms with Crippen LogP contribution in [0.1, 0.15) is 17.5 Å². The van der Waals surface area contributed by atoms with Crippen molar-refractivity contribution < 1.29 is 9.84 Å². The molecule has 0 saturated carbocycles. The smallest absolute Gasteiger partial charge is 0.122 e. The fraction of sp³-hybridized carbons (Fsp3) is 0.455. The molecule has 0 fully saturated rings. The van der Waals surface area contributed by atoms with Crippen LogP contribution < -0.4 is 4.74 Å². The molecule has 2 nitrogen and oxygen atoms in total. The Labute approximate surface area is 79.2 Å². The van der Waals surface area contributed by atoms with Gasteiger partial charge in [-0.05, 0) is 37.0 Å². The predicted octanol–water partition coefficient (Wildman–Crippen LogP) is 1.93. The van der Waals surface area contributed by atoms with Crippen LogP contribution in [0, 0.1) is 6.92 Å². The number of hydrogen-bond donors (Lipinski definition) is 1. The van der Waals surface area contributed by atoms with Gasteiger partial charge in [0, 0.05) is 6.61 Å². The highest BCUT2D eigenvalue weighted by atomic mass is 16.5. The maximum atomic E-state index is 8.74. The quantitative estimate of drug-likeness (QED) is 0.767. The van der Waals surface area contributed by atoms with Crippen molar-refractivity contribution in [3.05, 3.63) is 29.3 Å². The lowest BCUT2D eigenvalue weighted by molar-refractivity contribution is 0.287. The van der Waals surface area contributed by atoms with Gasteiger partial charge in [-0.1, -0.05) is 12.1 Å². The second kappa shape index (κ2) is 4.87. The molecule has 1 aromatic rings. The van der Waals surface area contributed by atoms with E-state index in [0.29, 0.717) is 0 Å². The zero-order chi connectivity index (χ0) is 9.68. The highest BCUT2D eigenvalue weighted by Crippen LogP contribution is 2.22. The maximum Gasteiger partial charge on any atom is 0.122 e. The first-order valence-corrected chi connectivity index (χ1v) is 4.53. The van der Waals surface area contributed by atoms with Crippen LogP contribution in [0.2, 0.25) is 0 Å². The number of benzene rings is 1. The van der Waals surface area contributed by atoms with Gasteiger partial charge in [0.05, 0.1) is 7.11 Å². The van der Waals surface area contributed by atoms with E-state index in [1.54, 1.807) is 7.11 Å². The highest BCUT2D eigenvalue weighted by molar-refractivity contribution is 5.39. The zero-order valence-electron chi connectivity index (χ0n) is 8.21. The van der Waals surface area contributed by atoms with Gasteiger partial charge in [0.2, 0.25) is 0 Å². The topological polar surface area (TPSA) is 29.5 Å². The van der Waals surface area contributed by atoms with Crippen LogP contribution >= 0.6 is 0 Å². The van der Waals surface area contributed by atoms with E-state index in [9.17, 15) is 0 Å². The molecule has 1 N–H and O–H groups in total. The first kappa shape index (κ1) is 10.1. The SMILES string of the molecule is COc1cccc(C)c1CCCO. The number of aliphatic hydroxyl groups is 1. The van der Waals surface area contributed by atoms with E-state index < -0.39 is 0 Å². The maximum absolute atomic E-state index is 8.74. The lowest BCUT2D eigenvalue weighted by atomic mass is 10.0. The molecule has 0 radical (unpaired) electrons. The van der Waals surface area contributed by atoms with Crippen molar-refractivity contribution in [2.24, 2.45) is 0 Å². The van der Waals surface area contributed by atoms with Crippen molar-refractivity contribution >= 4 is 0 Å². The lowest BCUT2D eigenvalue weighted by Gasteiger charge is -2.10. The Morgan fingerprint density at radius 2 is 2.15 bits per heavy atom. The van der Waals surface area contributed by atoms with Crippen molar-refractivity contribution in [3.8, 4) is 5.75 Å². The minimum Gasteiger partial charge on any atom is -0.496 e. The molecular formula is C11H16O2. The first-order chi connectivity index (χ1) is 6.29. The Kier molecular flexibility index (Phi) is 3.77. The Hall–Kier alpha value is -1.02. The van der Waals surface area contributed by atoms with E-state index in [0.717, 1.165) is 18.6 Å². The molecule has 0 atom stereocenters. The van der Waals surface area contributed by atoms with E-state index in [2.05, 4.69) is 13.0 Å². The van der Waals surface area contributed by atoms with Gasteiger partial charge < -0.3 is 9.84 Å². The summed E-state index contributed by atoms with van der Waals surface area (Å²) >= 11 is 0. The second-order valence-electron chi connectivity index (χ2n) is 3.08. The van der Waals surface area contributed by atoms with Crippen LogP contribution in [0.5, 0.6) is 5.75 Å². The van der Waals surface area contributed by atoms with E-state index in [-0.39, 0.29) is 6.61 Å². The molecule has 0 unspecified atom stereocenters. The molecule has 0 spiro atoms. The van der Waals surface area contributed by atoms with Crippen LogP contribution in [0.25, 0.3) is 0 Å². The molecule has 0 aromatic heterocycles. The van der Waals surface area contributed by atoms with Crippen LogP contribution in [-0.4, -0.2) is 18.8 Å². The molecule has 1 rings (SSSR count). The second-order valence-corrected chi connectivity index (χ2v) is 3.08. The third-order valence-electron chi connectivity index (χ3n) is 2.17. The molecular weight excluding hydrogens is 164 g/mol. The van der Waals surface area contributed by atoms with E-state index in [4.69, 9.17) is 9.84 Å². The number of methoxy groups -OCH3 is 1. The molecule has 0 saturated heterocycles. The number of aliphatic hydroxyl groups excluding tert-OH is 1. The molecule has 1 aromatic carbocycles. The number of hydrogen-bond acceptors (Lipinski definition) is 2. The summed E-state index contributed by atoms with van der Waals surface area (Å²) in [5, 5.41) is 8.74. The van der Waals surface area contributed by atoms with Gasteiger partial charge in [-0.3, -0.25) is 0 Å². The monoisotopic (exact) mass is 180 g/mol. The van der Waals surface area contributed by atoms with Crippen LogP contribution in [-0.2, 0) is 6.42 Å².